The molecule has 0 heterocycles. The van der Waals surface area contributed by atoms with Crippen molar-refractivity contribution in [3.05, 3.63) is 23.6 Å². The predicted octanol–water partition coefficient (Wildman–Crippen LogP) is 3.43. The number of hydrogen-bond donors (Lipinski definition) is 0. The second-order valence-electron chi connectivity index (χ2n) is 2.00. The predicted molar refractivity (Wildman–Crippen MR) is 44.0 cm³/mol. The van der Waals surface area contributed by atoms with Gasteiger partial charge < -0.3 is 0 Å². The van der Waals surface area contributed by atoms with Crippen LogP contribution in [0.25, 0.3) is 0 Å². The van der Waals surface area contributed by atoms with Gasteiger partial charge in [-0.15, -0.1) is 11.6 Å². The van der Waals surface area contributed by atoms with Crippen molar-refractivity contribution in [1.82, 2.24) is 0 Å². The van der Waals surface area contributed by atoms with Crippen LogP contribution >= 0.6 is 11.6 Å². The molecule has 0 aliphatic carbocycles. The Bertz CT molecular complexity index is 147. The minimum absolute atomic E-state index is 0.0682. The first-order valence-corrected chi connectivity index (χ1v) is 3.83. The van der Waals surface area contributed by atoms with Crippen molar-refractivity contribution in [1.29, 1.82) is 0 Å². The first kappa shape index (κ1) is 9.70. The van der Waals surface area contributed by atoms with Gasteiger partial charge in [0.2, 0.25) is 0 Å². The van der Waals surface area contributed by atoms with E-state index in [0.29, 0.717) is 17.9 Å². The van der Waals surface area contributed by atoms with Crippen LogP contribution in [0.1, 0.15) is 20.3 Å². The van der Waals surface area contributed by atoms with Gasteiger partial charge in [-0.1, -0.05) is 19.1 Å². The molecule has 0 unspecified atom stereocenters. The van der Waals surface area contributed by atoms with Crippen molar-refractivity contribution in [2.24, 2.45) is 0 Å². The SMILES string of the molecule is CC/C(F)=C(C)\C=C/CCl. The largest absolute Gasteiger partial charge is 0.212 e. The Morgan fingerprint density at radius 2 is 2.20 bits per heavy atom. The van der Waals surface area contributed by atoms with Crippen LogP contribution in [-0.4, -0.2) is 5.88 Å². The first-order valence-electron chi connectivity index (χ1n) is 3.30. The molecule has 10 heavy (non-hydrogen) atoms. The molecule has 0 bridgehead atoms. The smallest absolute Gasteiger partial charge is 0.103 e. The number of alkyl halides is 1. The highest BCUT2D eigenvalue weighted by Gasteiger charge is 1.92. The maximum atomic E-state index is 12.6. The van der Waals surface area contributed by atoms with Crippen molar-refractivity contribution in [3.63, 3.8) is 0 Å². The fourth-order valence-electron chi connectivity index (χ4n) is 0.591. The molecule has 0 amide bonds. The monoisotopic (exact) mass is 162 g/mol. The van der Waals surface area contributed by atoms with Crippen LogP contribution in [0.5, 0.6) is 0 Å². The topological polar surface area (TPSA) is 0 Å². The van der Waals surface area contributed by atoms with E-state index in [4.69, 9.17) is 11.6 Å². The lowest BCUT2D eigenvalue weighted by Crippen LogP contribution is -1.76. The summed E-state index contributed by atoms with van der Waals surface area (Å²) >= 11 is 5.36. The molecule has 0 radical (unpaired) electrons. The maximum absolute atomic E-state index is 12.6. The fourth-order valence-corrected chi connectivity index (χ4v) is 0.680. The van der Waals surface area contributed by atoms with Gasteiger partial charge in [-0.05, 0) is 18.9 Å². The van der Waals surface area contributed by atoms with Crippen LogP contribution in [0.3, 0.4) is 0 Å². The number of hydrogen-bond acceptors (Lipinski definition) is 0. The van der Waals surface area contributed by atoms with Gasteiger partial charge in [0.1, 0.15) is 5.83 Å². The standard InChI is InChI=1S/C8H12ClF/c1-3-8(10)7(2)5-4-6-9/h4-5H,3,6H2,1-2H3/b5-4-,8-7+. The molecule has 0 fully saturated rings. The molecule has 0 aliphatic heterocycles. The summed E-state index contributed by atoms with van der Waals surface area (Å²) in [4.78, 5) is 0. The lowest BCUT2D eigenvalue weighted by molar-refractivity contribution is 0.595. The van der Waals surface area contributed by atoms with Gasteiger partial charge >= 0.3 is 0 Å². The van der Waals surface area contributed by atoms with E-state index < -0.39 is 0 Å². The quantitative estimate of drug-likeness (QED) is 0.441. The normalized spacial score (nSPS) is 14.0. The molecule has 0 saturated carbocycles. The molecule has 0 aromatic rings. The molecule has 0 N–H and O–H groups in total. The van der Waals surface area contributed by atoms with Crippen molar-refractivity contribution in [2.45, 2.75) is 20.3 Å². The number of rotatable bonds is 3. The zero-order valence-electron chi connectivity index (χ0n) is 6.32. The van der Waals surface area contributed by atoms with E-state index in [9.17, 15) is 4.39 Å². The molecule has 0 saturated heterocycles. The maximum Gasteiger partial charge on any atom is 0.103 e. The second-order valence-corrected chi connectivity index (χ2v) is 2.31. The van der Waals surface area contributed by atoms with E-state index in [0.717, 1.165) is 0 Å². The molecule has 0 nitrogen and oxygen atoms in total. The minimum Gasteiger partial charge on any atom is -0.212 e. The minimum atomic E-state index is -0.0682. The lowest BCUT2D eigenvalue weighted by Gasteiger charge is -1.93. The van der Waals surface area contributed by atoms with Crippen molar-refractivity contribution < 1.29 is 4.39 Å². The highest BCUT2D eigenvalue weighted by atomic mass is 35.5. The Balaban J connectivity index is 4.04. The van der Waals surface area contributed by atoms with Crippen molar-refractivity contribution in [2.75, 3.05) is 5.88 Å². The molecule has 0 rings (SSSR count). The third kappa shape index (κ3) is 3.67. The molecule has 0 spiro atoms. The zero-order valence-corrected chi connectivity index (χ0v) is 7.08. The number of halogens is 2. The van der Waals surface area contributed by atoms with Gasteiger partial charge in [0.15, 0.2) is 0 Å². The molecular weight excluding hydrogens is 151 g/mol. The van der Waals surface area contributed by atoms with Crippen molar-refractivity contribution >= 4 is 11.6 Å². The molecular formula is C8H12ClF. The van der Waals surface area contributed by atoms with E-state index in [-0.39, 0.29) is 5.83 Å². The van der Waals surface area contributed by atoms with Crippen LogP contribution in [0.15, 0.2) is 23.6 Å². The van der Waals surface area contributed by atoms with Crippen molar-refractivity contribution in [3.8, 4) is 0 Å². The van der Waals surface area contributed by atoms with E-state index in [1.54, 1.807) is 26.0 Å². The number of allylic oxidation sites excluding steroid dienone is 4. The van der Waals surface area contributed by atoms with Gasteiger partial charge in [-0.2, -0.15) is 0 Å². The highest BCUT2D eigenvalue weighted by molar-refractivity contribution is 6.18. The summed E-state index contributed by atoms with van der Waals surface area (Å²) in [6, 6.07) is 0. The zero-order chi connectivity index (χ0) is 7.98. The molecule has 0 aromatic heterocycles. The van der Waals surface area contributed by atoms with Crippen LogP contribution < -0.4 is 0 Å². The summed E-state index contributed by atoms with van der Waals surface area (Å²) in [5.74, 6) is 0.371. The van der Waals surface area contributed by atoms with Crippen LogP contribution in [0.2, 0.25) is 0 Å². The van der Waals surface area contributed by atoms with Crippen LogP contribution in [0, 0.1) is 0 Å². The van der Waals surface area contributed by atoms with E-state index in [1.165, 1.54) is 0 Å². The Labute approximate surface area is 66.4 Å². The summed E-state index contributed by atoms with van der Waals surface area (Å²) < 4.78 is 12.6. The summed E-state index contributed by atoms with van der Waals surface area (Å²) in [6.45, 7) is 3.52. The summed E-state index contributed by atoms with van der Waals surface area (Å²) in [7, 11) is 0. The van der Waals surface area contributed by atoms with Gasteiger partial charge in [-0.25, -0.2) is 4.39 Å². The third-order valence-electron chi connectivity index (χ3n) is 1.20. The van der Waals surface area contributed by atoms with Crippen LogP contribution in [0.4, 0.5) is 4.39 Å². The Kier molecular flexibility index (Phi) is 5.32. The summed E-state index contributed by atoms with van der Waals surface area (Å²) in [5, 5.41) is 0. The van der Waals surface area contributed by atoms with Gasteiger partial charge in [0, 0.05) is 5.88 Å². The highest BCUT2D eigenvalue weighted by Crippen LogP contribution is 2.10. The average Bonchev–Trinajstić information content (AvgIpc) is 1.98. The second kappa shape index (κ2) is 5.48. The van der Waals surface area contributed by atoms with Gasteiger partial charge in [0.25, 0.3) is 0 Å². The van der Waals surface area contributed by atoms with Gasteiger partial charge in [0.05, 0.1) is 0 Å². The molecule has 0 aliphatic rings. The average molecular weight is 163 g/mol. The Hall–Kier alpha value is -0.300. The third-order valence-corrected chi connectivity index (χ3v) is 1.37. The molecule has 2 heteroatoms. The molecule has 58 valence electrons. The van der Waals surface area contributed by atoms with E-state index >= 15 is 0 Å². The Morgan fingerprint density at radius 3 is 2.60 bits per heavy atom. The van der Waals surface area contributed by atoms with E-state index in [1.807, 2.05) is 0 Å². The molecule has 0 aromatic carbocycles. The summed E-state index contributed by atoms with van der Waals surface area (Å²) in [6.07, 6.45) is 3.89. The van der Waals surface area contributed by atoms with Crippen LogP contribution in [-0.2, 0) is 0 Å². The lowest BCUT2D eigenvalue weighted by atomic mass is 10.2. The Morgan fingerprint density at radius 1 is 1.60 bits per heavy atom. The van der Waals surface area contributed by atoms with E-state index in [2.05, 4.69) is 0 Å². The first-order chi connectivity index (χ1) is 4.72. The fraction of sp³-hybridized carbons (Fsp3) is 0.500. The molecule has 0 atom stereocenters. The summed E-state index contributed by atoms with van der Waals surface area (Å²) in [5.41, 5.74) is 0.670. The van der Waals surface area contributed by atoms with Gasteiger partial charge in [-0.3, -0.25) is 0 Å².